The predicted octanol–water partition coefficient (Wildman–Crippen LogP) is 4.11. The molecule has 0 bridgehead atoms. The van der Waals surface area contributed by atoms with Gasteiger partial charge in [-0.1, -0.05) is 63.2 Å². The molecular weight excluding hydrogens is 354 g/mol. The number of halogens is 1. The van der Waals surface area contributed by atoms with Crippen LogP contribution in [-0.2, 0) is 0 Å². The summed E-state index contributed by atoms with van der Waals surface area (Å²) in [6.45, 7) is 0. The van der Waals surface area contributed by atoms with E-state index < -0.39 is 8.15 Å². The normalized spacial score (nSPS) is 13.8. The van der Waals surface area contributed by atoms with Gasteiger partial charge in [0.15, 0.2) is 8.15 Å². The Morgan fingerprint density at radius 2 is 1.73 bits per heavy atom. The van der Waals surface area contributed by atoms with Crippen LogP contribution >= 0.6 is 24.1 Å². The summed E-state index contributed by atoms with van der Waals surface area (Å²) in [6, 6.07) is 15.6. The van der Waals surface area contributed by atoms with Crippen LogP contribution in [0.1, 0.15) is 0 Å². The Hall–Kier alpha value is -1.75. The lowest BCUT2D eigenvalue weighted by molar-refractivity contribution is 0.627. The van der Waals surface area contributed by atoms with Crippen molar-refractivity contribution in [1.82, 2.24) is 0 Å². The van der Waals surface area contributed by atoms with E-state index >= 15 is 0 Å². The zero-order chi connectivity index (χ0) is 15.4. The van der Waals surface area contributed by atoms with Crippen molar-refractivity contribution in [1.29, 1.82) is 0 Å². The van der Waals surface area contributed by atoms with E-state index in [4.69, 9.17) is 12.4 Å². The average Bonchev–Trinajstić information content (AvgIpc) is 2.56. The fourth-order valence-electron chi connectivity index (χ4n) is 1.91. The topological polar surface area (TPSA) is 9.23 Å². The van der Waals surface area contributed by atoms with E-state index in [1.807, 2.05) is 66.8 Å². The average molecular weight is 365 g/mol. The standard InChI is InChI=1S/C18H11BBrOP/c19-14-6-12-18(13-7-14)22(17-4-2-1-3-5-17)21-16-10-8-15(20)9-11-16/h1-2,4,6-13H. The van der Waals surface area contributed by atoms with Gasteiger partial charge >= 0.3 is 0 Å². The van der Waals surface area contributed by atoms with E-state index in [9.17, 15) is 0 Å². The molecule has 1 atom stereocenters. The van der Waals surface area contributed by atoms with E-state index in [0.717, 1.165) is 26.3 Å². The molecule has 22 heavy (non-hydrogen) atoms. The maximum atomic E-state index is 6.23. The zero-order valence-corrected chi connectivity index (χ0v) is 14.1. The summed E-state index contributed by atoms with van der Waals surface area (Å²) in [4.78, 5) is 0. The van der Waals surface area contributed by atoms with Crippen molar-refractivity contribution in [2.75, 3.05) is 0 Å². The highest BCUT2D eigenvalue weighted by atomic mass is 79.9. The van der Waals surface area contributed by atoms with Crippen LogP contribution in [0.5, 0.6) is 5.75 Å². The van der Waals surface area contributed by atoms with Gasteiger partial charge in [0, 0.05) is 9.78 Å². The largest absolute Gasteiger partial charge is 0.464 e. The SMILES string of the molecule is [B]c1ccc(P(Oc2ccc(Br)cc2)C2=C=C=CC=C2)cc1. The molecule has 0 fully saturated rings. The van der Waals surface area contributed by atoms with Crippen molar-refractivity contribution in [3.05, 3.63) is 88.0 Å². The Bertz CT molecular complexity index is 796. The van der Waals surface area contributed by atoms with Gasteiger partial charge < -0.3 is 4.52 Å². The third-order valence-electron chi connectivity index (χ3n) is 2.99. The summed E-state index contributed by atoms with van der Waals surface area (Å²) in [6.07, 6.45) is 5.79. The molecule has 104 valence electrons. The van der Waals surface area contributed by atoms with Gasteiger partial charge in [-0.3, -0.25) is 0 Å². The van der Waals surface area contributed by atoms with Crippen molar-refractivity contribution in [3.63, 3.8) is 0 Å². The van der Waals surface area contributed by atoms with E-state index in [0.29, 0.717) is 0 Å². The van der Waals surface area contributed by atoms with Crippen LogP contribution in [0.2, 0.25) is 0 Å². The molecule has 0 saturated heterocycles. The van der Waals surface area contributed by atoms with Gasteiger partial charge in [-0.15, -0.1) is 0 Å². The number of hydrogen-bond acceptors (Lipinski definition) is 1. The highest BCUT2D eigenvalue weighted by molar-refractivity contribution is 9.10. The quantitative estimate of drug-likeness (QED) is 0.450. The molecule has 1 aliphatic carbocycles. The third-order valence-corrected chi connectivity index (χ3v) is 5.38. The monoisotopic (exact) mass is 364 g/mol. The highest BCUT2D eigenvalue weighted by Gasteiger charge is 2.18. The number of benzene rings is 2. The van der Waals surface area contributed by atoms with E-state index in [1.165, 1.54) is 0 Å². The van der Waals surface area contributed by atoms with Gasteiger partial charge in [0.1, 0.15) is 13.6 Å². The first-order valence-electron chi connectivity index (χ1n) is 6.70. The molecule has 1 nitrogen and oxygen atoms in total. The molecule has 0 spiro atoms. The first kappa shape index (κ1) is 15.2. The van der Waals surface area contributed by atoms with Gasteiger partial charge in [0.25, 0.3) is 0 Å². The second kappa shape index (κ2) is 7.01. The number of allylic oxidation sites excluding steroid dienone is 4. The summed E-state index contributed by atoms with van der Waals surface area (Å²) in [5.41, 5.74) is 6.89. The molecule has 0 aliphatic heterocycles. The fraction of sp³-hybridized carbons (Fsp3) is 0. The van der Waals surface area contributed by atoms with Crippen LogP contribution in [0.4, 0.5) is 0 Å². The van der Waals surface area contributed by atoms with E-state index in [-0.39, 0.29) is 0 Å². The number of hydrogen-bond donors (Lipinski definition) is 0. The minimum Gasteiger partial charge on any atom is -0.464 e. The van der Waals surface area contributed by atoms with Crippen molar-refractivity contribution < 1.29 is 4.52 Å². The molecule has 2 aromatic carbocycles. The van der Waals surface area contributed by atoms with Crippen LogP contribution in [-0.4, -0.2) is 7.85 Å². The Kier molecular flexibility index (Phi) is 4.83. The second-order valence-corrected chi connectivity index (χ2v) is 7.30. The van der Waals surface area contributed by atoms with Crippen LogP contribution < -0.4 is 15.3 Å². The summed E-state index contributed by atoms with van der Waals surface area (Å²) < 4.78 is 7.26. The molecule has 1 unspecified atom stereocenters. The van der Waals surface area contributed by atoms with Crippen molar-refractivity contribution in [2.24, 2.45) is 0 Å². The summed E-state index contributed by atoms with van der Waals surface area (Å²) >= 11 is 3.43. The molecule has 1 aliphatic rings. The van der Waals surface area contributed by atoms with E-state index in [2.05, 4.69) is 27.4 Å². The smallest absolute Gasteiger partial charge is 0.159 e. The lowest BCUT2D eigenvalue weighted by Gasteiger charge is -2.19. The van der Waals surface area contributed by atoms with Gasteiger partial charge in [-0.05, 0) is 36.4 Å². The molecule has 4 heteroatoms. The first-order chi connectivity index (χ1) is 10.7. The maximum absolute atomic E-state index is 6.23. The Labute approximate surface area is 141 Å². The van der Waals surface area contributed by atoms with Gasteiger partial charge in [0.2, 0.25) is 0 Å². The Balaban J connectivity index is 1.97. The van der Waals surface area contributed by atoms with Crippen molar-refractivity contribution >= 4 is 42.7 Å². The van der Waals surface area contributed by atoms with Gasteiger partial charge in [-0.2, -0.15) is 0 Å². The third kappa shape index (κ3) is 3.71. The molecular formula is C18H11BBrOP. The molecule has 2 aromatic rings. The fourth-order valence-corrected chi connectivity index (χ4v) is 3.80. The van der Waals surface area contributed by atoms with E-state index in [1.54, 1.807) is 0 Å². The summed E-state index contributed by atoms with van der Waals surface area (Å²) in [5, 5.41) is 2.08. The minimum absolute atomic E-state index is 0.742. The van der Waals surface area contributed by atoms with Crippen molar-refractivity contribution in [3.8, 4) is 5.75 Å². The lowest BCUT2D eigenvalue weighted by Crippen LogP contribution is -2.11. The Morgan fingerprint density at radius 1 is 1.00 bits per heavy atom. The minimum atomic E-state index is -1.01. The number of rotatable bonds is 4. The van der Waals surface area contributed by atoms with Crippen molar-refractivity contribution in [2.45, 2.75) is 0 Å². The highest BCUT2D eigenvalue weighted by Crippen LogP contribution is 2.45. The Morgan fingerprint density at radius 3 is 2.36 bits per heavy atom. The maximum Gasteiger partial charge on any atom is 0.159 e. The molecule has 0 aromatic heterocycles. The van der Waals surface area contributed by atoms with Gasteiger partial charge in [-0.25, -0.2) is 0 Å². The molecule has 0 heterocycles. The van der Waals surface area contributed by atoms with Gasteiger partial charge in [0.05, 0.1) is 5.31 Å². The zero-order valence-electron chi connectivity index (χ0n) is 11.7. The molecule has 2 radical (unpaired) electrons. The molecule has 0 N–H and O–H groups in total. The van der Waals surface area contributed by atoms with Crippen LogP contribution in [0.25, 0.3) is 0 Å². The summed E-state index contributed by atoms with van der Waals surface area (Å²) in [7, 11) is 4.78. The first-order valence-corrected chi connectivity index (χ1v) is 8.75. The summed E-state index contributed by atoms with van der Waals surface area (Å²) in [5.74, 6) is 0.823. The lowest BCUT2D eigenvalue weighted by atomic mass is 9.97. The van der Waals surface area contributed by atoms with Crippen LogP contribution in [0, 0.1) is 0 Å². The molecule has 0 amide bonds. The van der Waals surface area contributed by atoms with Crippen LogP contribution in [0.3, 0.4) is 0 Å². The second-order valence-electron chi connectivity index (χ2n) is 4.61. The predicted molar refractivity (Wildman–Crippen MR) is 97.4 cm³/mol. The molecule has 0 saturated carbocycles. The molecule has 3 rings (SSSR count). The van der Waals surface area contributed by atoms with Crippen LogP contribution in [0.15, 0.2) is 88.0 Å².